The molecule has 2 N–H and O–H groups in total. The SMILES string of the molecule is CCn1nc(C)c(Br)c1CC(N)COc1ccc(Cl)cc1. The molecule has 1 atom stereocenters. The van der Waals surface area contributed by atoms with Gasteiger partial charge in [0.25, 0.3) is 0 Å². The van der Waals surface area contributed by atoms with Crippen molar-refractivity contribution in [2.45, 2.75) is 32.9 Å². The molecule has 1 unspecified atom stereocenters. The lowest BCUT2D eigenvalue weighted by molar-refractivity contribution is 0.285. The Morgan fingerprint density at radius 2 is 2.05 bits per heavy atom. The normalized spacial score (nSPS) is 12.4. The maximum absolute atomic E-state index is 6.17. The van der Waals surface area contributed by atoms with E-state index in [1.54, 1.807) is 12.1 Å². The van der Waals surface area contributed by atoms with Crippen LogP contribution in [0.5, 0.6) is 5.75 Å². The van der Waals surface area contributed by atoms with Crippen LogP contribution in [0.1, 0.15) is 18.3 Å². The van der Waals surface area contributed by atoms with Crippen molar-refractivity contribution in [3.05, 3.63) is 45.1 Å². The number of benzene rings is 1. The van der Waals surface area contributed by atoms with Crippen molar-refractivity contribution in [3.8, 4) is 5.75 Å². The average Bonchev–Trinajstić information content (AvgIpc) is 2.74. The summed E-state index contributed by atoms with van der Waals surface area (Å²) in [6.07, 6.45) is 0.711. The van der Waals surface area contributed by atoms with Gasteiger partial charge in [-0.05, 0) is 54.0 Å². The first-order valence-corrected chi connectivity index (χ1v) is 8.04. The minimum absolute atomic E-state index is 0.0987. The van der Waals surface area contributed by atoms with E-state index in [0.29, 0.717) is 18.1 Å². The summed E-state index contributed by atoms with van der Waals surface area (Å²) in [5, 5.41) is 5.16. The number of halogens is 2. The third-order valence-corrected chi connectivity index (χ3v) is 4.47. The first-order valence-electron chi connectivity index (χ1n) is 6.87. The van der Waals surface area contributed by atoms with Crippen molar-refractivity contribution in [1.29, 1.82) is 0 Å². The number of nitrogens with two attached hydrogens (primary N) is 1. The van der Waals surface area contributed by atoms with Gasteiger partial charge in [-0.1, -0.05) is 11.6 Å². The number of nitrogens with zero attached hydrogens (tertiary/aromatic N) is 2. The van der Waals surface area contributed by atoms with Crippen LogP contribution in [0.3, 0.4) is 0 Å². The summed E-state index contributed by atoms with van der Waals surface area (Å²) in [6.45, 7) is 5.32. The zero-order valence-corrected chi connectivity index (χ0v) is 14.5. The smallest absolute Gasteiger partial charge is 0.119 e. The molecule has 1 heterocycles. The lowest BCUT2D eigenvalue weighted by Crippen LogP contribution is -2.31. The van der Waals surface area contributed by atoms with Crippen LogP contribution in [-0.2, 0) is 13.0 Å². The van der Waals surface area contributed by atoms with Crippen molar-refractivity contribution in [1.82, 2.24) is 9.78 Å². The molecule has 0 aliphatic heterocycles. The maximum atomic E-state index is 6.17. The Balaban J connectivity index is 1.95. The van der Waals surface area contributed by atoms with Gasteiger partial charge < -0.3 is 10.5 Å². The molecule has 0 saturated heterocycles. The lowest BCUT2D eigenvalue weighted by Gasteiger charge is -2.14. The zero-order valence-electron chi connectivity index (χ0n) is 12.1. The van der Waals surface area contributed by atoms with Crippen molar-refractivity contribution >= 4 is 27.5 Å². The summed E-state index contributed by atoms with van der Waals surface area (Å²) in [4.78, 5) is 0. The van der Waals surface area contributed by atoms with Gasteiger partial charge in [0.1, 0.15) is 12.4 Å². The molecular formula is C15H19BrClN3O. The molecule has 0 bridgehead atoms. The van der Waals surface area contributed by atoms with Crippen LogP contribution < -0.4 is 10.5 Å². The molecule has 1 aromatic carbocycles. The Labute approximate surface area is 138 Å². The molecule has 6 heteroatoms. The molecule has 2 aromatic rings. The number of aryl methyl sites for hydroxylation is 2. The van der Waals surface area contributed by atoms with Crippen LogP contribution in [0.25, 0.3) is 0 Å². The van der Waals surface area contributed by atoms with E-state index in [9.17, 15) is 0 Å². The fourth-order valence-corrected chi connectivity index (χ4v) is 2.68. The van der Waals surface area contributed by atoms with Gasteiger partial charge in [-0.2, -0.15) is 5.10 Å². The Hall–Kier alpha value is -1.04. The summed E-state index contributed by atoms with van der Waals surface area (Å²) in [7, 11) is 0. The average molecular weight is 373 g/mol. The van der Waals surface area contributed by atoms with E-state index in [-0.39, 0.29) is 6.04 Å². The molecule has 0 fully saturated rings. The number of hydrogen-bond donors (Lipinski definition) is 1. The Morgan fingerprint density at radius 3 is 2.67 bits per heavy atom. The standard InChI is InChI=1S/C15H19BrClN3O/c1-3-20-14(15(16)10(2)19-20)8-12(18)9-21-13-6-4-11(17)5-7-13/h4-7,12H,3,8-9,18H2,1-2H3. The van der Waals surface area contributed by atoms with Gasteiger partial charge in [0.15, 0.2) is 0 Å². The predicted octanol–water partition coefficient (Wildman–Crippen LogP) is 3.58. The molecule has 114 valence electrons. The van der Waals surface area contributed by atoms with Crippen LogP contribution in [0.4, 0.5) is 0 Å². The fraction of sp³-hybridized carbons (Fsp3) is 0.400. The van der Waals surface area contributed by atoms with Gasteiger partial charge in [-0.25, -0.2) is 0 Å². The van der Waals surface area contributed by atoms with Gasteiger partial charge in [0, 0.05) is 24.0 Å². The fourth-order valence-electron chi connectivity index (χ4n) is 2.11. The predicted molar refractivity (Wildman–Crippen MR) is 89.0 cm³/mol. The third kappa shape index (κ3) is 4.22. The van der Waals surface area contributed by atoms with E-state index in [4.69, 9.17) is 22.1 Å². The monoisotopic (exact) mass is 371 g/mol. The topological polar surface area (TPSA) is 53.1 Å². The molecule has 0 radical (unpaired) electrons. The van der Waals surface area contributed by atoms with Crippen LogP contribution >= 0.6 is 27.5 Å². The summed E-state index contributed by atoms with van der Waals surface area (Å²) in [5.74, 6) is 0.772. The number of aromatic nitrogens is 2. The molecule has 0 spiro atoms. The molecule has 0 saturated carbocycles. The van der Waals surface area contributed by atoms with Crippen molar-refractivity contribution in [2.24, 2.45) is 5.73 Å². The lowest BCUT2D eigenvalue weighted by atomic mass is 10.1. The van der Waals surface area contributed by atoms with Crippen molar-refractivity contribution in [2.75, 3.05) is 6.61 Å². The van der Waals surface area contributed by atoms with Gasteiger partial charge >= 0.3 is 0 Å². The summed E-state index contributed by atoms with van der Waals surface area (Å²) in [6, 6.07) is 7.18. The van der Waals surface area contributed by atoms with Gasteiger partial charge in [-0.15, -0.1) is 0 Å². The van der Waals surface area contributed by atoms with E-state index in [0.717, 1.165) is 28.2 Å². The zero-order chi connectivity index (χ0) is 15.4. The van der Waals surface area contributed by atoms with Crippen LogP contribution in [0, 0.1) is 6.92 Å². The second-order valence-electron chi connectivity index (χ2n) is 4.89. The Bertz CT molecular complexity index is 598. The summed E-state index contributed by atoms with van der Waals surface area (Å²) in [5.41, 5.74) is 8.27. The highest BCUT2D eigenvalue weighted by atomic mass is 79.9. The molecule has 21 heavy (non-hydrogen) atoms. The Morgan fingerprint density at radius 1 is 1.38 bits per heavy atom. The number of hydrogen-bond acceptors (Lipinski definition) is 3. The Kier molecular flexibility index (Phi) is 5.67. The van der Waals surface area contributed by atoms with Crippen LogP contribution in [0.15, 0.2) is 28.7 Å². The largest absolute Gasteiger partial charge is 0.492 e. The highest BCUT2D eigenvalue weighted by Gasteiger charge is 2.15. The first kappa shape index (κ1) is 16.3. The van der Waals surface area contributed by atoms with Crippen molar-refractivity contribution in [3.63, 3.8) is 0 Å². The second-order valence-corrected chi connectivity index (χ2v) is 6.12. The number of ether oxygens (including phenoxy) is 1. The maximum Gasteiger partial charge on any atom is 0.119 e. The highest BCUT2D eigenvalue weighted by molar-refractivity contribution is 9.10. The molecule has 0 aliphatic rings. The van der Waals surface area contributed by atoms with E-state index < -0.39 is 0 Å². The molecule has 4 nitrogen and oxygen atoms in total. The first-order chi connectivity index (χ1) is 10.0. The molecular weight excluding hydrogens is 354 g/mol. The second kappa shape index (κ2) is 7.29. The van der Waals surface area contributed by atoms with Crippen LogP contribution in [-0.4, -0.2) is 22.4 Å². The van der Waals surface area contributed by atoms with E-state index in [1.165, 1.54) is 0 Å². The van der Waals surface area contributed by atoms with Crippen molar-refractivity contribution < 1.29 is 4.74 Å². The number of rotatable bonds is 6. The van der Waals surface area contributed by atoms with E-state index >= 15 is 0 Å². The molecule has 0 aliphatic carbocycles. The molecule has 2 rings (SSSR count). The summed E-state index contributed by atoms with van der Waals surface area (Å²) >= 11 is 9.42. The minimum Gasteiger partial charge on any atom is -0.492 e. The molecule has 0 amide bonds. The molecule has 1 aromatic heterocycles. The van der Waals surface area contributed by atoms with Gasteiger partial charge in [0.05, 0.1) is 15.9 Å². The quantitative estimate of drug-likeness (QED) is 0.843. The van der Waals surface area contributed by atoms with Gasteiger partial charge in [0.2, 0.25) is 0 Å². The summed E-state index contributed by atoms with van der Waals surface area (Å²) < 4.78 is 8.69. The minimum atomic E-state index is -0.0987. The van der Waals surface area contributed by atoms with E-state index in [2.05, 4.69) is 28.0 Å². The van der Waals surface area contributed by atoms with Crippen LogP contribution in [0.2, 0.25) is 5.02 Å². The third-order valence-electron chi connectivity index (χ3n) is 3.19. The highest BCUT2D eigenvalue weighted by Crippen LogP contribution is 2.22. The van der Waals surface area contributed by atoms with Gasteiger partial charge in [-0.3, -0.25) is 4.68 Å². The van der Waals surface area contributed by atoms with E-state index in [1.807, 2.05) is 23.7 Å².